The summed E-state index contributed by atoms with van der Waals surface area (Å²) in [5, 5.41) is 13.4. The fourth-order valence-corrected chi connectivity index (χ4v) is 2.82. The maximum atomic E-state index is 9.95. The zero-order valence-corrected chi connectivity index (χ0v) is 11.6. The van der Waals surface area contributed by atoms with Crippen LogP contribution in [0.4, 0.5) is 0 Å². The van der Waals surface area contributed by atoms with Gasteiger partial charge in [0, 0.05) is 12.1 Å². The van der Waals surface area contributed by atoms with E-state index in [9.17, 15) is 5.11 Å². The van der Waals surface area contributed by atoms with E-state index in [0.717, 1.165) is 23.0 Å². The molecule has 1 aromatic carbocycles. The molecule has 1 aliphatic rings. The van der Waals surface area contributed by atoms with Crippen molar-refractivity contribution in [1.82, 2.24) is 5.32 Å². The first-order valence-corrected chi connectivity index (χ1v) is 6.78. The van der Waals surface area contributed by atoms with Gasteiger partial charge in [0.25, 0.3) is 0 Å². The Kier molecular flexibility index (Phi) is 4.29. The van der Waals surface area contributed by atoms with Crippen molar-refractivity contribution < 1.29 is 9.84 Å². The van der Waals surface area contributed by atoms with Crippen LogP contribution in [0.2, 0.25) is 0 Å². The van der Waals surface area contributed by atoms with Crippen LogP contribution < -0.4 is 10.1 Å². The summed E-state index contributed by atoms with van der Waals surface area (Å²) in [6.07, 6.45) is 4.59. The topological polar surface area (TPSA) is 41.5 Å². The van der Waals surface area contributed by atoms with Crippen LogP contribution in [0.3, 0.4) is 0 Å². The van der Waals surface area contributed by atoms with Crippen LogP contribution in [0.15, 0.2) is 16.6 Å². The van der Waals surface area contributed by atoms with Crippen LogP contribution in [-0.2, 0) is 6.42 Å². The molecule has 1 unspecified atom stereocenters. The number of halogens is 1. The van der Waals surface area contributed by atoms with Crippen LogP contribution in [0, 0.1) is 0 Å². The van der Waals surface area contributed by atoms with E-state index in [1.54, 1.807) is 13.2 Å². The molecule has 0 aliphatic carbocycles. The number of rotatable bonds is 3. The van der Waals surface area contributed by atoms with Crippen molar-refractivity contribution in [3.8, 4) is 11.5 Å². The Morgan fingerprint density at radius 1 is 1.47 bits per heavy atom. The van der Waals surface area contributed by atoms with E-state index in [4.69, 9.17) is 4.74 Å². The first kappa shape index (κ1) is 12.7. The Hall–Kier alpha value is -0.740. The third-order valence-electron chi connectivity index (χ3n) is 3.23. The van der Waals surface area contributed by atoms with Gasteiger partial charge in [0.15, 0.2) is 0 Å². The Balaban J connectivity index is 2.12. The van der Waals surface area contributed by atoms with Crippen molar-refractivity contribution in [3.63, 3.8) is 0 Å². The number of phenols is 1. The molecule has 0 aromatic heterocycles. The number of aromatic hydroxyl groups is 1. The summed E-state index contributed by atoms with van der Waals surface area (Å²) in [7, 11) is 1.60. The lowest BCUT2D eigenvalue weighted by Gasteiger charge is -2.24. The van der Waals surface area contributed by atoms with Gasteiger partial charge in [-0.2, -0.15) is 0 Å². The highest BCUT2D eigenvalue weighted by molar-refractivity contribution is 9.10. The molecule has 0 spiro atoms. The maximum absolute atomic E-state index is 9.95. The number of ether oxygens (including phenoxy) is 1. The second-order valence-corrected chi connectivity index (χ2v) is 5.32. The van der Waals surface area contributed by atoms with Gasteiger partial charge in [-0.15, -0.1) is 0 Å². The number of hydrogen-bond acceptors (Lipinski definition) is 3. The van der Waals surface area contributed by atoms with E-state index in [1.807, 2.05) is 6.07 Å². The number of piperidine rings is 1. The second-order valence-electron chi connectivity index (χ2n) is 4.47. The van der Waals surface area contributed by atoms with Gasteiger partial charge in [0.05, 0.1) is 11.6 Å². The molecular weight excluding hydrogens is 282 g/mol. The molecule has 1 fully saturated rings. The third kappa shape index (κ3) is 3.13. The van der Waals surface area contributed by atoms with E-state index in [-0.39, 0.29) is 0 Å². The summed E-state index contributed by atoms with van der Waals surface area (Å²) in [5.74, 6) is 0.986. The van der Waals surface area contributed by atoms with E-state index in [0.29, 0.717) is 17.5 Å². The monoisotopic (exact) mass is 299 g/mol. The molecule has 0 radical (unpaired) electrons. The fraction of sp³-hybridized carbons (Fsp3) is 0.538. The molecule has 2 N–H and O–H groups in total. The lowest BCUT2D eigenvalue weighted by atomic mass is 9.97. The van der Waals surface area contributed by atoms with Gasteiger partial charge in [-0.1, -0.05) is 6.42 Å². The summed E-state index contributed by atoms with van der Waals surface area (Å²) in [4.78, 5) is 0. The highest BCUT2D eigenvalue weighted by Crippen LogP contribution is 2.33. The zero-order chi connectivity index (χ0) is 12.3. The van der Waals surface area contributed by atoms with Crippen molar-refractivity contribution in [2.75, 3.05) is 13.7 Å². The minimum Gasteiger partial charge on any atom is -0.508 e. The average Bonchev–Trinajstić information content (AvgIpc) is 2.34. The molecule has 0 saturated carbocycles. The van der Waals surface area contributed by atoms with Crippen LogP contribution in [0.25, 0.3) is 0 Å². The van der Waals surface area contributed by atoms with Crippen molar-refractivity contribution in [2.45, 2.75) is 31.7 Å². The summed E-state index contributed by atoms with van der Waals surface area (Å²) >= 11 is 3.45. The van der Waals surface area contributed by atoms with Crippen LogP contribution in [-0.4, -0.2) is 24.8 Å². The van der Waals surface area contributed by atoms with Gasteiger partial charge < -0.3 is 15.2 Å². The largest absolute Gasteiger partial charge is 0.508 e. The molecule has 1 heterocycles. The number of nitrogens with one attached hydrogen (secondary N) is 1. The first-order valence-electron chi connectivity index (χ1n) is 5.99. The molecule has 1 saturated heterocycles. The zero-order valence-electron chi connectivity index (χ0n) is 10.0. The van der Waals surface area contributed by atoms with Crippen LogP contribution in [0.1, 0.15) is 24.8 Å². The minimum atomic E-state index is 0.317. The minimum absolute atomic E-state index is 0.317. The van der Waals surface area contributed by atoms with Gasteiger partial charge in [-0.25, -0.2) is 0 Å². The van der Waals surface area contributed by atoms with Gasteiger partial charge in [-0.3, -0.25) is 0 Å². The SMILES string of the molecule is COc1cc(O)c(CC2CCCCN2)cc1Br. The number of benzene rings is 1. The number of hydrogen-bond donors (Lipinski definition) is 2. The predicted octanol–water partition coefficient (Wildman–Crippen LogP) is 2.85. The Morgan fingerprint density at radius 2 is 2.29 bits per heavy atom. The Bertz CT molecular complexity index is 389. The molecule has 0 amide bonds. The van der Waals surface area contributed by atoms with Crippen molar-refractivity contribution in [2.24, 2.45) is 0 Å². The molecule has 1 atom stereocenters. The second kappa shape index (κ2) is 5.74. The van der Waals surface area contributed by atoms with Gasteiger partial charge in [0.1, 0.15) is 11.5 Å². The molecule has 2 rings (SSSR count). The first-order chi connectivity index (χ1) is 8.20. The summed E-state index contributed by atoms with van der Waals surface area (Å²) in [6.45, 7) is 1.09. The number of methoxy groups -OCH3 is 1. The molecule has 3 nitrogen and oxygen atoms in total. The third-order valence-corrected chi connectivity index (χ3v) is 3.85. The van der Waals surface area contributed by atoms with E-state index >= 15 is 0 Å². The lowest BCUT2D eigenvalue weighted by molar-refractivity contribution is 0.386. The molecule has 1 aromatic rings. The smallest absolute Gasteiger partial charge is 0.136 e. The molecule has 0 bridgehead atoms. The highest BCUT2D eigenvalue weighted by atomic mass is 79.9. The average molecular weight is 300 g/mol. The van der Waals surface area contributed by atoms with Crippen molar-refractivity contribution in [3.05, 3.63) is 22.2 Å². The molecule has 1 aliphatic heterocycles. The number of phenolic OH excluding ortho intramolecular Hbond substituents is 1. The molecule has 94 valence electrons. The van der Waals surface area contributed by atoms with Crippen LogP contribution >= 0.6 is 15.9 Å². The quantitative estimate of drug-likeness (QED) is 0.902. The molecule has 17 heavy (non-hydrogen) atoms. The normalized spacial score (nSPS) is 20.2. The van der Waals surface area contributed by atoms with E-state index in [1.165, 1.54) is 19.3 Å². The molecule has 4 heteroatoms. The van der Waals surface area contributed by atoms with Crippen LogP contribution in [0.5, 0.6) is 11.5 Å². The molecular formula is C13H18BrNO2. The summed E-state index contributed by atoms with van der Waals surface area (Å²) in [5.41, 5.74) is 0.970. The van der Waals surface area contributed by atoms with Gasteiger partial charge >= 0.3 is 0 Å². The van der Waals surface area contributed by atoms with Gasteiger partial charge in [-0.05, 0) is 53.4 Å². The predicted molar refractivity (Wildman–Crippen MR) is 71.7 cm³/mol. The summed E-state index contributed by atoms with van der Waals surface area (Å²) < 4.78 is 6.04. The Labute approximate surface area is 110 Å². The summed E-state index contributed by atoms with van der Waals surface area (Å²) in [6, 6.07) is 4.10. The van der Waals surface area contributed by atoms with E-state index in [2.05, 4.69) is 21.2 Å². The lowest BCUT2D eigenvalue weighted by Crippen LogP contribution is -2.35. The maximum Gasteiger partial charge on any atom is 0.136 e. The highest BCUT2D eigenvalue weighted by Gasteiger charge is 2.16. The van der Waals surface area contributed by atoms with E-state index < -0.39 is 0 Å². The van der Waals surface area contributed by atoms with Crippen molar-refractivity contribution in [1.29, 1.82) is 0 Å². The fourth-order valence-electron chi connectivity index (χ4n) is 2.27. The van der Waals surface area contributed by atoms with Crippen molar-refractivity contribution >= 4 is 15.9 Å². The standard InChI is InChI=1S/C13H18BrNO2/c1-17-13-8-12(16)9(7-11(13)14)6-10-4-2-3-5-15-10/h7-8,10,15-16H,2-6H2,1H3. The van der Waals surface area contributed by atoms with Gasteiger partial charge in [0.2, 0.25) is 0 Å². The Morgan fingerprint density at radius 3 is 2.94 bits per heavy atom.